The lowest BCUT2D eigenvalue weighted by Gasteiger charge is -2.29. The molecule has 0 saturated heterocycles. The zero-order chi connectivity index (χ0) is 14.5. The summed E-state index contributed by atoms with van der Waals surface area (Å²) in [6, 6.07) is 8.68. The molecule has 1 aliphatic rings. The fourth-order valence-corrected chi connectivity index (χ4v) is 3.00. The van der Waals surface area contributed by atoms with E-state index in [1.165, 1.54) is 5.56 Å². The molecule has 1 aromatic carbocycles. The Kier molecular flexibility index (Phi) is 5.43. The maximum Gasteiger partial charge on any atom is 0.191 e. The first-order chi connectivity index (χ1) is 9.65. The molecule has 1 heterocycles. The summed E-state index contributed by atoms with van der Waals surface area (Å²) >= 11 is 3.53. The van der Waals surface area contributed by atoms with Crippen molar-refractivity contribution in [2.24, 2.45) is 10.7 Å². The summed E-state index contributed by atoms with van der Waals surface area (Å²) in [4.78, 5) is 9.05. The Bertz CT molecular complexity index is 471. The molecule has 4 nitrogen and oxygen atoms in total. The molecule has 0 saturated carbocycles. The van der Waals surface area contributed by atoms with Crippen LogP contribution in [0.4, 0.5) is 0 Å². The number of benzene rings is 1. The highest BCUT2D eigenvalue weighted by molar-refractivity contribution is 9.10. The molecular formula is C15H23BrN4. The Morgan fingerprint density at radius 1 is 1.40 bits per heavy atom. The molecule has 1 atom stereocenters. The molecule has 0 spiro atoms. The Hall–Kier alpha value is -1.07. The lowest BCUT2D eigenvalue weighted by molar-refractivity contribution is 0.248. The van der Waals surface area contributed by atoms with Gasteiger partial charge >= 0.3 is 0 Å². The third-order valence-corrected chi connectivity index (χ3v) is 4.37. The fraction of sp³-hybridized carbons (Fsp3) is 0.533. The largest absolute Gasteiger partial charge is 0.370 e. The van der Waals surface area contributed by atoms with Crippen LogP contribution in [0.15, 0.2) is 33.7 Å². The predicted molar refractivity (Wildman–Crippen MR) is 87.9 cm³/mol. The maximum atomic E-state index is 6.06. The normalized spacial score (nSPS) is 18.7. The highest BCUT2D eigenvalue weighted by atomic mass is 79.9. The van der Waals surface area contributed by atoms with E-state index < -0.39 is 0 Å². The van der Waals surface area contributed by atoms with Crippen molar-refractivity contribution in [3.63, 3.8) is 0 Å². The smallest absolute Gasteiger partial charge is 0.191 e. The Balaban J connectivity index is 2.06. The van der Waals surface area contributed by atoms with Crippen LogP contribution in [-0.4, -0.2) is 48.5 Å². The van der Waals surface area contributed by atoms with Crippen LogP contribution >= 0.6 is 15.9 Å². The average molecular weight is 339 g/mol. The van der Waals surface area contributed by atoms with Gasteiger partial charge in [0.05, 0.1) is 12.6 Å². The van der Waals surface area contributed by atoms with Crippen molar-refractivity contribution >= 4 is 21.9 Å². The van der Waals surface area contributed by atoms with E-state index in [0.29, 0.717) is 5.96 Å². The van der Waals surface area contributed by atoms with Gasteiger partial charge in [-0.1, -0.05) is 41.9 Å². The SMILES string of the molecule is CCN(CC)CCN1C(N)=NCC1c1cccc(Br)c1. The number of guanidine groups is 1. The minimum absolute atomic E-state index is 0.267. The molecule has 0 radical (unpaired) electrons. The third-order valence-electron chi connectivity index (χ3n) is 3.88. The summed E-state index contributed by atoms with van der Waals surface area (Å²) in [7, 11) is 0. The zero-order valence-electron chi connectivity index (χ0n) is 12.2. The van der Waals surface area contributed by atoms with Crippen LogP contribution in [-0.2, 0) is 0 Å². The summed E-state index contributed by atoms with van der Waals surface area (Å²) in [6.07, 6.45) is 0. The highest BCUT2D eigenvalue weighted by Gasteiger charge is 2.27. The maximum absolute atomic E-state index is 6.06. The van der Waals surface area contributed by atoms with Crippen LogP contribution in [0.5, 0.6) is 0 Å². The monoisotopic (exact) mass is 338 g/mol. The molecule has 1 aromatic rings. The zero-order valence-corrected chi connectivity index (χ0v) is 13.8. The Morgan fingerprint density at radius 2 is 2.15 bits per heavy atom. The number of likely N-dealkylation sites (N-methyl/N-ethyl adjacent to an activating group) is 1. The van der Waals surface area contributed by atoms with Gasteiger partial charge in [0.2, 0.25) is 0 Å². The molecule has 0 bridgehead atoms. The minimum Gasteiger partial charge on any atom is -0.370 e. The molecule has 0 amide bonds. The van der Waals surface area contributed by atoms with E-state index in [0.717, 1.165) is 37.2 Å². The molecule has 2 rings (SSSR count). The highest BCUT2D eigenvalue weighted by Crippen LogP contribution is 2.27. The number of rotatable bonds is 6. The van der Waals surface area contributed by atoms with Gasteiger partial charge in [0.15, 0.2) is 5.96 Å². The van der Waals surface area contributed by atoms with E-state index in [2.05, 4.69) is 62.8 Å². The second-order valence-corrected chi connectivity index (χ2v) is 5.91. The number of nitrogens with zero attached hydrogens (tertiary/aromatic N) is 3. The van der Waals surface area contributed by atoms with Crippen LogP contribution in [0.2, 0.25) is 0 Å². The second-order valence-electron chi connectivity index (χ2n) is 4.99. The van der Waals surface area contributed by atoms with Crippen LogP contribution in [0.3, 0.4) is 0 Å². The first-order valence-electron chi connectivity index (χ1n) is 7.20. The summed E-state index contributed by atoms with van der Waals surface area (Å²) in [5.41, 5.74) is 7.33. The first-order valence-corrected chi connectivity index (χ1v) is 7.99. The molecule has 2 N–H and O–H groups in total. The van der Waals surface area contributed by atoms with Crippen LogP contribution in [0.1, 0.15) is 25.5 Å². The van der Waals surface area contributed by atoms with Gasteiger partial charge in [0.1, 0.15) is 0 Å². The molecule has 1 unspecified atom stereocenters. The van der Waals surface area contributed by atoms with Crippen molar-refractivity contribution < 1.29 is 0 Å². The summed E-state index contributed by atoms with van der Waals surface area (Å²) < 4.78 is 1.10. The van der Waals surface area contributed by atoms with Crippen LogP contribution in [0, 0.1) is 0 Å². The summed E-state index contributed by atoms with van der Waals surface area (Å²) in [5.74, 6) is 0.669. The molecule has 0 fully saturated rings. The lowest BCUT2D eigenvalue weighted by Crippen LogP contribution is -2.41. The Labute approximate surface area is 129 Å². The van der Waals surface area contributed by atoms with E-state index in [4.69, 9.17) is 5.73 Å². The number of hydrogen-bond acceptors (Lipinski definition) is 4. The van der Waals surface area contributed by atoms with Gasteiger partial charge in [-0.2, -0.15) is 0 Å². The van der Waals surface area contributed by atoms with E-state index in [1.54, 1.807) is 0 Å². The number of halogens is 1. The van der Waals surface area contributed by atoms with Crippen LogP contribution in [0.25, 0.3) is 0 Å². The Morgan fingerprint density at radius 3 is 2.80 bits per heavy atom. The fourth-order valence-electron chi connectivity index (χ4n) is 2.59. The van der Waals surface area contributed by atoms with Crippen molar-refractivity contribution in [3.05, 3.63) is 34.3 Å². The van der Waals surface area contributed by atoms with Crippen molar-refractivity contribution in [2.75, 3.05) is 32.7 Å². The van der Waals surface area contributed by atoms with E-state index in [9.17, 15) is 0 Å². The van der Waals surface area contributed by atoms with Gasteiger partial charge in [-0.25, -0.2) is 0 Å². The average Bonchev–Trinajstić information content (AvgIpc) is 2.81. The number of nitrogens with two attached hydrogens (primary N) is 1. The standard InChI is InChI=1S/C15H23BrN4/c1-3-19(4-2)8-9-20-14(11-18-15(20)17)12-6-5-7-13(16)10-12/h5-7,10,14H,3-4,8-9,11H2,1-2H3,(H2,17,18). The second kappa shape index (κ2) is 7.09. The minimum atomic E-state index is 0.267. The molecule has 0 aliphatic carbocycles. The van der Waals surface area contributed by atoms with Gasteiger partial charge in [-0.05, 0) is 30.8 Å². The lowest BCUT2D eigenvalue weighted by atomic mass is 10.1. The van der Waals surface area contributed by atoms with Crippen molar-refractivity contribution in [1.82, 2.24) is 9.80 Å². The third kappa shape index (κ3) is 3.52. The predicted octanol–water partition coefficient (Wildman–Crippen LogP) is 2.46. The molecule has 110 valence electrons. The first kappa shape index (κ1) is 15.3. The molecule has 5 heteroatoms. The van der Waals surface area contributed by atoms with Crippen molar-refractivity contribution in [3.8, 4) is 0 Å². The number of aliphatic imine (C=N–C) groups is 1. The van der Waals surface area contributed by atoms with Gasteiger partial charge in [-0.3, -0.25) is 4.99 Å². The van der Waals surface area contributed by atoms with Gasteiger partial charge in [0, 0.05) is 17.6 Å². The van der Waals surface area contributed by atoms with Gasteiger partial charge in [0.25, 0.3) is 0 Å². The molecule has 1 aliphatic heterocycles. The topological polar surface area (TPSA) is 44.9 Å². The van der Waals surface area contributed by atoms with Gasteiger partial charge < -0.3 is 15.5 Å². The van der Waals surface area contributed by atoms with E-state index >= 15 is 0 Å². The van der Waals surface area contributed by atoms with Crippen molar-refractivity contribution in [1.29, 1.82) is 0 Å². The molecular weight excluding hydrogens is 316 g/mol. The van der Waals surface area contributed by atoms with E-state index in [-0.39, 0.29) is 6.04 Å². The van der Waals surface area contributed by atoms with E-state index in [1.807, 2.05) is 6.07 Å². The molecule has 0 aromatic heterocycles. The number of hydrogen-bond donors (Lipinski definition) is 1. The summed E-state index contributed by atoms with van der Waals surface area (Å²) in [6.45, 7) is 9.22. The quantitative estimate of drug-likeness (QED) is 0.866. The van der Waals surface area contributed by atoms with Gasteiger partial charge in [-0.15, -0.1) is 0 Å². The summed E-state index contributed by atoms with van der Waals surface area (Å²) in [5, 5.41) is 0. The van der Waals surface area contributed by atoms with Crippen molar-refractivity contribution in [2.45, 2.75) is 19.9 Å². The van der Waals surface area contributed by atoms with Crippen LogP contribution < -0.4 is 5.73 Å². The molecule has 20 heavy (non-hydrogen) atoms.